The zero-order valence-corrected chi connectivity index (χ0v) is 34.7. The number of rotatable bonds is 3. The van der Waals surface area contributed by atoms with Crippen LogP contribution in [0.15, 0.2) is 84.9 Å². The van der Waals surface area contributed by atoms with Gasteiger partial charge in [0.15, 0.2) is 0 Å². The van der Waals surface area contributed by atoms with Gasteiger partial charge in [-0.2, -0.15) is 0 Å². The van der Waals surface area contributed by atoms with Crippen molar-refractivity contribution in [2.24, 2.45) is 5.41 Å². The molecule has 14 heteroatoms. The number of halogens is 2. The molecule has 2 aliphatic heterocycles. The van der Waals surface area contributed by atoms with Crippen molar-refractivity contribution in [3.8, 4) is 23.7 Å². The summed E-state index contributed by atoms with van der Waals surface area (Å²) in [5.74, 6) is 11.5. The summed E-state index contributed by atoms with van der Waals surface area (Å²) in [5.41, 5.74) is 10.0. The van der Waals surface area contributed by atoms with E-state index in [9.17, 15) is 33.6 Å². The Kier molecular flexibility index (Phi) is 13.9. The van der Waals surface area contributed by atoms with Crippen molar-refractivity contribution in [3.63, 3.8) is 0 Å². The van der Waals surface area contributed by atoms with Crippen molar-refractivity contribution in [3.05, 3.63) is 129 Å². The zero-order chi connectivity index (χ0) is 43.8. The quantitative estimate of drug-likeness (QED) is 0.0904. The lowest BCUT2D eigenvalue weighted by Crippen LogP contribution is -2.59. The normalized spacial score (nSPS) is 15.4. The smallest absolute Gasteiger partial charge is 0.410 e. The van der Waals surface area contributed by atoms with Gasteiger partial charge in [-0.3, -0.25) is 10.1 Å². The Bertz CT molecular complexity index is 2310. The van der Waals surface area contributed by atoms with Crippen LogP contribution in [0.4, 0.5) is 41.1 Å². The number of anilines is 3. The van der Waals surface area contributed by atoms with E-state index in [-0.39, 0.29) is 34.9 Å². The van der Waals surface area contributed by atoms with E-state index in [1.54, 1.807) is 35.2 Å². The second-order valence-electron chi connectivity index (χ2n) is 16.5. The lowest BCUT2D eigenvalue weighted by molar-refractivity contribution is -0.384. The summed E-state index contributed by atoms with van der Waals surface area (Å²) in [6, 6.07) is 21.7. The van der Waals surface area contributed by atoms with E-state index >= 15 is 0 Å². The average molecular weight is 821 g/mol. The number of benzene rings is 4. The number of amides is 2. The average Bonchev–Trinajstić information content (AvgIpc) is 3.19. The SMILES string of the molecule is CC(C)(C)C1CN(c2ccc(N)cc2C#Cc2ccc(F)cc2)CCN1C(=O)O.CC(C)(C)OC(=O)N1CCN(c2ccc([N+](=O)[O-])cc2C#Cc2ccc(F)cc2)CC1. The number of hydrogen-bond acceptors (Lipinski definition) is 8. The van der Waals surface area contributed by atoms with Gasteiger partial charge in [0.05, 0.1) is 33.5 Å². The maximum atomic E-state index is 13.1. The molecule has 0 radical (unpaired) electrons. The van der Waals surface area contributed by atoms with Crippen LogP contribution in [0.3, 0.4) is 0 Å². The van der Waals surface area contributed by atoms with Gasteiger partial charge in [-0.15, -0.1) is 0 Å². The van der Waals surface area contributed by atoms with Crippen molar-refractivity contribution < 1.29 is 33.1 Å². The number of carboxylic acid groups (broad SMARTS) is 1. The Morgan fingerprint density at radius 2 is 1.23 bits per heavy atom. The topological polar surface area (TPSA) is 146 Å². The third-order valence-corrected chi connectivity index (χ3v) is 9.82. The summed E-state index contributed by atoms with van der Waals surface area (Å²) >= 11 is 0. The molecular formula is C46H50F2N6O6. The lowest BCUT2D eigenvalue weighted by Gasteiger charge is -2.46. The molecule has 0 aromatic heterocycles. The van der Waals surface area contributed by atoms with Crippen molar-refractivity contribution >= 4 is 34.9 Å². The van der Waals surface area contributed by atoms with E-state index in [0.29, 0.717) is 68.2 Å². The molecule has 0 spiro atoms. The highest BCUT2D eigenvalue weighted by atomic mass is 19.1. The monoisotopic (exact) mass is 820 g/mol. The fraction of sp³-hybridized carbons (Fsp3) is 0.348. The molecular weight excluding hydrogens is 771 g/mol. The van der Waals surface area contributed by atoms with Gasteiger partial charge in [-0.25, -0.2) is 18.4 Å². The minimum Gasteiger partial charge on any atom is -0.465 e. The maximum absolute atomic E-state index is 13.1. The maximum Gasteiger partial charge on any atom is 0.410 e. The van der Waals surface area contributed by atoms with Crippen molar-refractivity contribution in [2.75, 3.05) is 61.3 Å². The first-order valence-electron chi connectivity index (χ1n) is 19.5. The molecule has 314 valence electrons. The van der Waals surface area contributed by atoms with Crippen LogP contribution in [0, 0.1) is 50.8 Å². The fourth-order valence-electron chi connectivity index (χ4n) is 6.72. The predicted octanol–water partition coefficient (Wildman–Crippen LogP) is 8.21. The van der Waals surface area contributed by atoms with Gasteiger partial charge in [0.1, 0.15) is 17.2 Å². The van der Waals surface area contributed by atoms with Crippen LogP contribution < -0.4 is 15.5 Å². The van der Waals surface area contributed by atoms with Gasteiger partial charge in [-0.05, 0) is 99.0 Å². The number of piperazine rings is 2. The standard InChI is InChI=1S/C23H24FN3O4.C23H26FN3O2/c1-23(2,3)31-22(28)26-14-12-25(13-15-26)21-11-10-20(27(29)30)16-18(21)7-4-17-5-8-19(24)9-6-17;1-23(2,3)21-15-26(12-13-27(21)22(28)29)20-11-10-19(25)14-17(20)7-4-16-5-8-18(24)9-6-16/h5-6,8-11,16H,12-15H2,1-3H3;5-6,8-11,14,21H,12-13,15,25H2,1-3H3,(H,28,29). The second kappa shape index (κ2) is 18.9. The Labute approximate surface area is 349 Å². The first-order chi connectivity index (χ1) is 28.3. The van der Waals surface area contributed by atoms with Crippen LogP contribution in [0.5, 0.6) is 0 Å². The van der Waals surface area contributed by atoms with Gasteiger partial charge in [0.2, 0.25) is 0 Å². The zero-order valence-electron chi connectivity index (χ0n) is 34.7. The predicted molar refractivity (Wildman–Crippen MR) is 229 cm³/mol. The number of nitrogens with two attached hydrogens (primary N) is 1. The van der Waals surface area contributed by atoms with Crippen molar-refractivity contribution in [1.29, 1.82) is 0 Å². The second-order valence-corrected chi connectivity index (χ2v) is 16.5. The summed E-state index contributed by atoms with van der Waals surface area (Å²) in [7, 11) is 0. The number of carbonyl (C=O) groups is 2. The number of carbonyl (C=O) groups excluding carboxylic acids is 1. The van der Waals surface area contributed by atoms with Crippen LogP contribution in [0.1, 0.15) is 63.8 Å². The molecule has 4 aromatic rings. The largest absolute Gasteiger partial charge is 0.465 e. The molecule has 2 saturated heterocycles. The summed E-state index contributed by atoms with van der Waals surface area (Å²) in [6.07, 6.45) is -1.25. The summed E-state index contributed by atoms with van der Waals surface area (Å²) in [5, 5.41) is 20.8. The van der Waals surface area contributed by atoms with Gasteiger partial charge < -0.3 is 35.2 Å². The first-order valence-corrected chi connectivity index (χ1v) is 19.5. The Morgan fingerprint density at radius 3 is 1.73 bits per heavy atom. The lowest BCUT2D eigenvalue weighted by atomic mass is 9.84. The number of nitro groups is 1. The number of ether oxygens (including phenoxy) is 1. The molecule has 4 aromatic carbocycles. The minimum atomic E-state index is -0.891. The molecule has 1 unspecified atom stereocenters. The number of nitro benzene ring substituents is 1. The molecule has 12 nitrogen and oxygen atoms in total. The molecule has 3 N–H and O–H groups in total. The van der Waals surface area contributed by atoms with Crippen LogP contribution in [0.2, 0.25) is 0 Å². The third-order valence-electron chi connectivity index (χ3n) is 9.82. The van der Waals surface area contributed by atoms with Crippen LogP contribution in [0.25, 0.3) is 0 Å². The Hall–Kier alpha value is -6.80. The number of nitrogen functional groups attached to an aromatic ring is 1. The Balaban J connectivity index is 0.000000228. The highest BCUT2D eigenvalue weighted by Crippen LogP contribution is 2.32. The molecule has 0 aliphatic carbocycles. The molecule has 6 rings (SSSR count). The van der Waals surface area contributed by atoms with E-state index in [4.69, 9.17) is 10.5 Å². The van der Waals surface area contributed by atoms with E-state index in [2.05, 4.69) is 49.4 Å². The van der Waals surface area contributed by atoms with E-state index in [1.165, 1.54) is 41.3 Å². The molecule has 2 aliphatic rings. The third kappa shape index (κ3) is 12.1. The van der Waals surface area contributed by atoms with Gasteiger partial charge in [0.25, 0.3) is 5.69 Å². The number of nitrogens with zero attached hydrogens (tertiary/aromatic N) is 5. The van der Waals surface area contributed by atoms with E-state index < -0.39 is 16.6 Å². The summed E-state index contributed by atoms with van der Waals surface area (Å²) in [4.78, 5) is 42.1. The highest BCUT2D eigenvalue weighted by molar-refractivity contribution is 5.71. The molecule has 60 heavy (non-hydrogen) atoms. The van der Waals surface area contributed by atoms with Gasteiger partial charge >= 0.3 is 12.2 Å². The van der Waals surface area contributed by atoms with E-state index in [1.807, 2.05) is 43.9 Å². The van der Waals surface area contributed by atoms with Gasteiger partial charge in [-0.1, -0.05) is 44.5 Å². The molecule has 1 atom stereocenters. The van der Waals surface area contributed by atoms with Crippen molar-refractivity contribution in [1.82, 2.24) is 9.80 Å². The van der Waals surface area contributed by atoms with Crippen LogP contribution in [-0.4, -0.2) is 89.5 Å². The molecule has 0 saturated carbocycles. The molecule has 2 heterocycles. The minimum absolute atomic E-state index is 0.0560. The summed E-state index contributed by atoms with van der Waals surface area (Å²) in [6.45, 7) is 15.2. The molecule has 2 fully saturated rings. The van der Waals surface area contributed by atoms with Crippen LogP contribution >= 0.6 is 0 Å². The Morgan fingerprint density at radius 1 is 0.733 bits per heavy atom. The fourth-order valence-corrected chi connectivity index (χ4v) is 6.72. The van der Waals surface area contributed by atoms with Crippen molar-refractivity contribution in [2.45, 2.75) is 53.2 Å². The highest BCUT2D eigenvalue weighted by Gasteiger charge is 2.38. The number of non-ortho nitro benzene ring substituents is 1. The van der Waals surface area contributed by atoms with E-state index in [0.717, 1.165) is 16.9 Å². The summed E-state index contributed by atoms with van der Waals surface area (Å²) < 4.78 is 31.6. The number of hydrogen-bond donors (Lipinski definition) is 2. The molecule has 2 amide bonds. The van der Waals surface area contributed by atoms with Crippen LogP contribution in [-0.2, 0) is 4.74 Å². The first kappa shape index (κ1) is 44.3. The van der Waals surface area contributed by atoms with Gasteiger partial charge in [0, 0.05) is 74.8 Å². The molecule has 0 bridgehead atoms.